The van der Waals surface area contributed by atoms with Gasteiger partial charge in [0.2, 0.25) is 10.0 Å². The summed E-state index contributed by atoms with van der Waals surface area (Å²) in [6.45, 7) is 3.08. The van der Waals surface area contributed by atoms with Crippen molar-refractivity contribution in [2.24, 2.45) is 11.7 Å². The van der Waals surface area contributed by atoms with Crippen molar-refractivity contribution in [3.8, 4) is 0 Å². The lowest BCUT2D eigenvalue weighted by Gasteiger charge is -2.36. The fourth-order valence-electron chi connectivity index (χ4n) is 2.50. The van der Waals surface area contributed by atoms with Crippen LogP contribution >= 0.6 is 28.3 Å². The van der Waals surface area contributed by atoms with Crippen molar-refractivity contribution in [1.82, 2.24) is 4.31 Å². The third-order valence-corrected chi connectivity index (χ3v) is 6.11. The first-order valence-electron chi connectivity index (χ1n) is 6.42. The first-order valence-corrected chi connectivity index (χ1v) is 8.66. The molecule has 7 heteroatoms. The fourth-order valence-corrected chi connectivity index (χ4v) is 4.43. The van der Waals surface area contributed by atoms with Gasteiger partial charge in [-0.15, -0.1) is 12.4 Å². The Labute approximate surface area is 135 Å². The van der Waals surface area contributed by atoms with Crippen LogP contribution in [0.3, 0.4) is 0 Å². The minimum atomic E-state index is -3.43. The molecule has 4 nitrogen and oxygen atoms in total. The van der Waals surface area contributed by atoms with E-state index < -0.39 is 10.0 Å². The first-order chi connectivity index (χ1) is 8.95. The summed E-state index contributed by atoms with van der Waals surface area (Å²) in [7, 11) is -3.43. The molecule has 0 bridgehead atoms. The summed E-state index contributed by atoms with van der Waals surface area (Å²) < 4.78 is 27.7. The van der Waals surface area contributed by atoms with Crippen molar-refractivity contribution in [3.63, 3.8) is 0 Å². The van der Waals surface area contributed by atoms with Crippen molar-refractivity contribution >= 4 is 38.4 Å². The van der Waals surface area contributed by atoms with Gasteiger partial charge in [-0.2, -0.15) is 4.31 Å². The number of piperidine rings is 1. The Kier molecular flexibility index (Phi) is 6.47. The second-order valence-corrected chi connectivity index (χ2v) is 7.89. The van der Waals surface area contributed by atoms with Crippen LogP contribution in [0.1, 0.15) is 19.8 Å². The number of sulfonamides is 1. The molecule has 0 aromatic heterocycles. The van der Waals surface area contributed by atoms with Gasteiger partial charge in [-0.3, -0.25) is 0 Å². The Hall–Kier alpha value is -0.140. The van der Waals surface area contributed by atoms with Gasteiger partial charge < -0.3 is 5.73 Å². The van der Waals surface area contributed by atoms with Crippen molar-refractivity contribution in [1.29, 1.82) is 0 Å². The third kappa shape index (κ3) is 3.74. The van der Waals surface area contributed by atoms with Gasteiger partial charge in [-0.25, -0.2) is 8.42 Å². The quantitative estimate of drug-likeness (QED) is 0.872. The zero-order chi connectivity index (χ0) is 14.0. The first kappa shape index (κ1) is 17.9. The molecule has 114 valence electrons. The van der Waals surface area contributed by atoms with Crippen molar-refractivity contribution < 1.29 is 8.42 Å². The fraction of sp³-hybridized carbons (Fsp3) is 0.538. The molecule has 1 aromatic carbocycles. The van der Waals surface area contributed by atoms with E-state index in [4.69, 9.17) is 5.73 Å². The van der Waals surface area contributed by atoms with Crippen LogP contribution < -0.4 is 5.73 Å². The summed E-state index contributed by atoms with van der Waals surface area (Å²) in [6, 6.07) is 6.67. The van der Waals surface area contributed by atoms with Crippen LogP contribution in [0.15, 0.2) is 33.6 Å². The lowest BCUT2D eigenvalue weighted by Crippen LogP contribution is -2.49. The van der Waals surface area contributed by atoms with E-state index in [1.54, 1.807) is 28.6 Å². The van der Waals surface area contributed by atoms with E-state index >= 15 is 0 Å². The molecule has 1 aliphatic heterocycles. The third-order valence-electron chi connectivity index (χ3n) is 3.62. The summed E-state index contributed by atoms with van der Waals surface area (Å²) in [5.41, 5.74) is 5.74. The smallest absolute Gasteiger partial charge is 0.243 e. The Morgan fingerprint density at radius 1 is 1.35 bits per heavy atom. The number of hydrogen-bond acceptors (Lipinski definition) is 3. The van der Waals surface area contributed by atoms with Gasteiger partial charge in [0.1, 0.15) is 0 Å². The largest absolute Gasteiger partial charge is 0.329 e. The van der Waals surface area contributed by atoms with Crippen LogP contribution in [0, 0.1) is 5.92 Å². The average Bonchev–Trinajstić information content (AvgIpc) is 2.38. The van der Waals surface area contributed by atoms with Crippen molar-refractivity contribution in [3.05, 3.63) is 28.7 Å². The molecule has 2 unspecified atom stereocenters. The van der Waals surface area contributed by atoms with Crippen LogP contribution in [0.4, 0.5) is 0 Å². The van der Waals surface area contributed by atoms with Crippen LogP contribution in [0.25, 0.3) is 0 Å². The number of halogens is 2. The van der Waals surface area contributed by atoms with Gasteiger partial charge in [0, 0.05) is 23.6 Å². The zero-order valence-electron chi connectivity index (χ0n) is 11.3. The van der Waals surface area contributed by atoms with Gasteiger partial charge in [-0.05, 0) is 43.0 Å². The summed E-state index contributed by atoms with van der Waals surface area (Å²) in [5.74, 6) is 0.532. The molecule has 0 amide bonds. The number of benzene rings is 1. The molecule has 0 saturated carbocycles. The lowest BCUT2D eigenvalue weighted by atomic mass is 9.94. The molecule has 2 N–H and O–H groups in total. The number of hydrogen-bond donors (Lipinski definition) is 1. The highest BCUT2D eigenvalue weighted by Crippen LogP contribution is 2.28. The Balaban J connectivity index is 0.00000200. The summed E-state index contributed by atoms with van der Waals surface area (Å²) in [5, 5.41) is 0. The van der Waals surface area contributed by atoms with E-state index in [9.17, 15) is 8.42 Å². The molecule has 1 saturated heterocycles. The van der Waals surface area contributed by atoms with Gasteiger partial charge in [-0.1, -0.05) is 22.9 Å². The van der Waals surface area contributed by atoms with E-state index in [0.717, 1.165) is 17.3 Å². The molecule has 2 atom stereocenters. The molecule has 0 aliphatic carbocycles. The van der Waals surface area contributed by atoms with Crippen LogP contribution in [-0.4, -0.2) is 31.9 Å². The molecular weight excluding hydrogens is 364 g/mol. The molecule has 2 rings (SSSR count). The van der Waals surface area contributed by atoms with Gasteiger partial charge >= 0.3 is 0 Å². The second-order valence-electron chi connectivity index (χ2n) is 5.09. The molecule has 20 heavy (non-hydrogen) atoms. The Morgan fingerprint density at radius 3 is 2.50 bits per heavy atom. The highest BCUT2D eigenvalue weighted by atomic mass is 79.9. The SMILES string of the molecule is CC1CCN(S(=O)(=O)c2ccc(Br)cc2)C(CN)C1.Cl. The standard InChI is InChI=1S/C13H19BrN2O2S.ClH/c1-10-6-7-16(12(8-10)9-15)19(17,18)13-4-2-11(14)3-5-13;/h2-5,10,12H,6-9,15H2,1H3;1H. The Morgan fingerprint density at radius 2 is 1.95 bits per heavy atom. The number of rotatable bonds is 3. The molecule has 0 spiro atoms. The summed E-state index contributed by atoms with van der Waals surface area (Å²) in [6.07, 6.45) is 1.73. The predicted octanol–water partition coefficient (Wildman–Crippen LogP) is 2.62. The van der Waals surface area contributed by atoms with Gasteiger partial charge in [0.15, 0.2) is 0 Å². The average molecular weight is 384 g/mol. The van der Waals surface area contributed by atoms with E-state index in [1.165, 1.54) is 0 Å². The molecule has 1 aromatic rings. The maximum absolute atomic E-state index is 12.6. The maximum atomic E-state index is 12.6. The summed E-state index contributed by atoms with van der Waals surface area (Å²) in [4.78, 5) is 0.337. The van der Waals surface area contributed by atoms with Crippen molar-refractivity contribution in [2.45, 2.75) is 30.7 Å². The van der Waals surface area contributed by atoms with E-state index in [-0.39, 0.29) is 18.4 Å². The van der Waals surface area contributed by atoms with E-state index in [0.29, 0.717) is 23.9 Å². The maximum Gasteiger partial charge on any atom is 0.243 e. The number of nitrogens with zero attached hydrogens (tertiary/aromatic N) is 1. The van der Waals surface area contributed by atoms with E-state index in [1.807, 2.05) is 0 Å². The molecule has 1 aliphatic rings. The van der Waals surface area contributed by atoms with Crippen LogP contribution in [0.2, 0.25) is 0 Å². The highest BCUT2D eigenvalue weighted by Gasteiger charge is 2.34. The molecule has 1 heterocycles. The topological polar surface area (TPSA) is 63.4 Å². The van der Waals surface area contributed by atoms with Crippen LogP contribution in [0.5, 0.6) is 0 Å². The number of nitrogens with two attached hydrogens (primary N) is 1. The minimum absolute atomic E-state index is 0. The highest BCUT2D eigenvalue weighted by molar-refractivity contribution is 9.10. The van der Waals surface area contributed by atoms with E-state index in [2.05, 4.69) is 22.9 Å². The monoisotopic (exact) mass is 382 g/mol. The lowest BCUT2D eigenvalue weighted by molar-refractivity contribution is 0.211. The van der Waals surface area contributed by atoms with Crippen molar-refractivity contribution in [2.75, 3.05) is 13.1 Å². The summed E-state index contributed by atoms with van der Waals surface area (Å²) >= 11 is 3.31. The minimum Gasteiger partial charge on any atom is -0.329 e. The van der Waals surface area contributed by atoms with Crippen LogP contribution in [-0.2, 0) is 10.0 Å². The molecule has 1 fully saturated rings. The normalized spacial score (nSPS) is 24.1. The Bertz CT molecular complexity index is 536. The molecule has 0 radical (unpaired) electrons. The molecular formula is C13H20BrClN2O2S. The zero-order valence-corrected chi connectivity index (χ0v) is 14.5. The van der Waals surface area contributed by atoms with Gasteiger partial charge in [0.25, 0.3) is 0 Å². The predicted molar refractivity (Wildman–Crippen MR) is 86.5 cm³/mol. The van der Waals surface area contributed by atoms with Gasteiger partial charge in [0.05, 0.1) is 4.90 Å². The second kappa shape index (κ2) is 7.22.